The number of fused-ring (bicyclic) bond motifs is 1. The first kappa shape index (κ1) is 19.1. The number of benzene rings is 2. The molecule has 2 heterocycles. The van der Waals surface area contributed by atoms with Crippen molar-refractivity contribution in [1.29, 1.82) is 0 Å². The number of nitrogens with one attached hydrogen (secondary N) is 1. The van der Waals surface area contributed by atoms with E-state index >= 15 is 0 Å². The van der Waals surface area contributed by atoms with E-state index in [0.717, 1.165) is 15.6 Å². The summed E-state index contributed by atoms with van der Waals surface area (Å²) >= 11 is 3.38. The minimum atomic E-state index is -0.0514. The maximum absolute atomic E-state index is 12.0. The van der Waals surface area contributed by atoms with Crippen LogP contribution < -0.4 is 10.1 Å². The van der Waals surface area contributed by atoms with E-state index in [9.17, 15) is 4.79 Å². The zero-order valence-corrected chi connectivity index (χ0v) is 17.0. The van der Waals surface area contributed by atoms with E-state index in [1.807, 2.05) is 54.6 Å². The van der Waals surface area contributed by atoms with Gasteiger partial charge in [-0.15, -0.1) is 15.3 Å². The van der Waals surface area contributed by atoms with E-state index < -0.39 is 0 Å². The van der Waals surface area contributed by atoms with Gasteiger partial charge in [0.1, 0.15) is 6.61 Å². The topological polar surface area (TPSA) is 81.4 Å². The van der Waals surface area contributed by atoms with Gasteiger partial charge in [-0.1, -0.05) is 58.4 Å². The van der Waals surface area contributed by atoms with Gasteiger partial charge in [0, 0.05) is 16.1 Å². The summed E-state index contributed by atoms with van der Waals surface area (Å²) in [6, 6.07) is 20.9. The van der Waals surface area contributed by atoms with E-state index in [2.05, 4.69) is 36.5 Å². The van der Waals surface area contributed by atoms with Gasteiger partial charge in [0.2, 0.25) is 11.8 Å². The minimum Gasteiger partial charge on any atom is -0.475 e. The first-order chi connectivity index (χ1) is 14.2. The number of halogens is 1. The molecule has 0 aliphatic rings. The van der Waals surface area contributed by atoms with E-state index in [0.29, 0.717) is 36.9 Å². The molecule has 4 aromatic rings. The lowest BCUT2D eigenvalue weighted by atomic mass is 10.1. The van der Waals surface area contributed by atoms with E-state index in [1.165, 1.54) is 0 Å². The summed E-state index contributed by atoms with van der Waals surface area (Å²) in [7, 11) is 0. The third kappa shape index (κ3) is 4.78. The number of hydrogen-bond acceptors (Lipinski definition) is 5. The van der Waals surface area contributed by atoms with Crippen LogP contribution in [0.15, 0.2) is 71.2 Å². The molecule has 146 valence electrons. The molecule has 2 aromatic carbocycles. The van der Waals surface area contributed by atoms with Crippen molar-refractivity contribution >= 4 is 27.5 Å². The number of carbonyl (C=O) groups is 1. The predicted molar refractivity (Wildman–Crippen MR) is 113 cm³/mol. The predicted octanol–water partition coefficient (Wildman–Crippen LogP) is 3.29. The summed E-state index contributed by atoms with van der Waals surface area (Å²) in [5.74, 6) is 1.04. The van der Waals surface area contributed by atoms with Crippen LogP contribution in [0.3, 0.4) is 0 Å². The Hall–Kier alpha value is -3.26. The highest BCUT2D eigenvalue weighted by Crippen LogP contribution is 2.18. The monoisotopic (exact) mass is 451 g/mol. The van der Waals surface area contributed by atoms with Crippen LogP contribution in [0, 0.1) is 0 Å². The third-order valence-corrected chi connectivity index (χ3v) is 4.75. The Kier molecular flexibility index (Phi) is 5.81. The molecule has 0 fully saturated rings. The van der Waals surface area contributed by atoms with Crippen molar-refractivity contribution in [2.45, 2.75) is 6.42 Å². The molecule has 0 atom stereocenters. The largest absolute Gasteiger partial charge is 0.475 e. The SMILES string of the molecule is O=C(Cc1ccc(Br)cc1)NCCOc1ccc2nnc(-c3ccccc3)n2n1. The summed E-state index contributed by atoms with van der Waals surface area (Å²) < 4.78 is 8.32. The summed E-state index contributed by atoms with van der Waals surface area (Å²) in [6.45, 7) is 0.705. The number of hydrogen-bond donors (Lipinski definition) is 1. The fourth-order valence-electron chi connectivity index (χ4n) is 2.81. The number of aromatic nitrogens is 4. The normalized spacial score (nSPS) is 10.8. The average Bonchev–Trinajstić information content (AvgIpc) is 3.17. The van der Waals surface area contributed by atoms with Crippen LogP contribution in [0.2, 0.25) is 0 Å². The van der Waals surface area contributed by atoms with Crippen molar-refractivity contribution in [2.24, 2.45) is 0 Å². The molecule has 1 amide bonds. The standard InChI is InChI=1S/C21H18BrN5O2/c22-17-8-6-15(7-9-17)14-19(28)23-12-13-29-20-11-10-18-24-25-21(27(18)26-20)16-4-2-1-3-5-16/h1-11H,12-14H2,(H,23,28). The van der Waals surface area contributed by atoms with Crippen molar-refractivity contribution in [3.05, 3.63) is 76.8 Å². The average molecular weight is 452 g/mol. The molecule has 4 rings (SSSR count). The Bertz CT molecular complexity index is 1110. The maximum atomic E-state index is 12.0. The van der Waals surface area contributed by atoms with Crippen molar-refractivity contribution in [3.8, 4) is 17.3 Å². The molecular weight excluding hydrogens is 434 g/mol. The van der Waals surface area contributed by atoms with Gasteiger partial charge in [-0.3, -0.25) is 4.79 Å². The second kappa shape index (κ2) is 8.83. The van der Waals surface area contributed by atoms with E-state index in [1.54, 1.807) is 16.6 Å². The molecule has 0 bridgehead atoms. The molecule has 0 saturated heterocycles. The fraction of sp³-hybridized carbons (Fsp3) is 0.143. The van der Waals surface area contributed by atoms with Gasteiger partial charge in [0.05, 0.1) is 13.0 Å². The van der Waals surface area contributed by atoms with Crippen LogP contribution in [0.25, 0.3) is 17.0 Å². The number of carbonyl (C=O) groups excluding carboxylic acids is 1. The molecule has 0 radical (unpaired) electrons. The molecule has 0 aliphatic carbocycles. The summed E-state index contributed by atoms with van der Waals surface area (Å²) in [5, 5.41) is 15.6. The molecule has 0 spiro atoms. The summed E-state index contributed by atoms with van der Waals surface area (Å²) in [5.41, 5.74) is 2.52. The Morgan fingerprint density at radius 2 is 1.79 bits per heavy atom. The first-order valence-corrected chi connectivity index (χ1v) is 9.90. The number of rotatable bonds is 7. The lowest BCUT2D eigenvalue weighted by Gasteiger charge is -2.08. The Balaban J connectivity index is 1.33. The molecule has 0 saturated carbocycles. The van der Waals surface area contributed by atoms with Crippen LogP contribution in [0.5, 0.6) is 5.88 Å². The smallest absolute Gasteiger partial charge is 0.231 e. The van der Waals surface area contributed by atoms with Crippen molar-refractivity contribution in [2.75, 3.05) is 13.2 Å². The maximum Gasteiger partial charge on any atom is 0.231 e. The molecule has 8 heteroatoms. The Morgan fingerprint density at radius 3 is 2.59 bits per heavy atom. The van der Waals surface area contributed by atoms with Gasteiger partial charge in [0.15, 0.2) is 11.5 Å². The molecule has 0 unspecified atom stereocenters. The molecular formula is C21H18BrN5O2. The van der Waals surface area contributed by atoms with Crippen molar-refractivity contribution < 1.29 is 9.53 Å². The van der Waals surface area contributed by atoms with Crippen molar-refractivity contribution in [3.63, 3.8) is 0 Å². The highest BCUT2D eigenvalue weighted by atomic mass is 79.9. The number of nitrogens with zero attached hydrogens (tertiary/aromatic N) is 4. The van der Waals surface area contributed by atoms with Crippen LogP contribution >= 0.6 is 15.9 Å². The third-order valence-electron chi connectivity index (χ3n) is 4.22. The van der Waals surface area contributed by atoms with E-state index in [4.69, 9.17) is 4.74 Å². The van der Waals surface area contributed by atoms with Gasteiger partial charge in [-0.2, -0.15) is 4.52 Å². The minimum absolute atomic E-state index is 0.0514. The fourth-order valence-corrected chi connectivity index (χ4v) is 3.08. The highest BCUT2D eigenvalue weighted by molar-refractivity contribution is 9.10. The van der Waals surface area contributed by atoms with Gasteiger partial charge in [-0.25, -0.2) is 0 Å². The second-order valence-electron chi connectivity index (χ2n) is 6.33. The van der Waals surface area contributed by atoms with Crippen molar-refractivity contribution in [1.82, 2.24) is 25.1 Å². The number of ether oxygens (including phenoxy) is 1. The van der Waals surface area contributed by atoms with Crippen LogP contribution in [0.1, 0.15) is 5.56 Å². The van der Waals surface area contributed by atoms with Crippen LogP contribution in [-0.4, -0.2) is 38.9 Å². The molecule has 1 N–H and O–H groups in total. The van der Waals surface area contributed by atoms with Gasteiger partial charge < -0.3 is 10.1 Å². The number of amides is 1. The second-order valence-corrected chi connectivity index (χ2v) is 7.25. The molecule has 29 heavy (non-hydrogen) atoms. The first-order valence-electron chi connectivity index (χ1n) is 9.11. The lowest BCUT2D eigenvalue weighted by Crippen LogP contribution is -2.29. The highest BCUT2D eigenvalue weighted by Gasteiger charge is 2.10. The van der Waals surface area contributed by atoms with Gasteiger partial charge in [-0.05, 0) is 23.8 Å². The molecule has 2 aromatic heterocycles. The zero-order valence-electron chi connectivity index (χ0n) is 15.5. The summed E-state index contributed by atoms with van der Waals surface area (Å²) in [6.07, 6.45) is 0.332. The zero-order chi connectivity index (χ0) is 20.1. The molecule has 7 nitrogen and oxygen atoms in total. The summed E-state index contributed by atoms with van der Waals surface area (Å²) in [4.78, 5) is 12.0. The molecule has 0 aliphatic heterocycles. The van der Waals surface area contributed by atoms with Gasteiger partial charge >= 0.3 is 0 Å². The Morgan fingerprint density at radius 1 is 1.00 bits per heavy atom. The van der Waals surface area contributed by atoms with Crippen LogP contribution in [-0.2, 0) is 11.2 Å². The van der Waals surface area contributed by atoms with Gasteiger partial charge in [0.25, 0.3) is 0 Å². The lowest BCUT2D eigenvalue weighted by molar-refractivity contribution is -0.120. The van der Waals surface area contributed by atoms with E-state index in [-0.39, 0.29) is 5.91 Å². The quantitative estimate of drug-likeness (QED) is 0.436. The van der Waals surface area contributed by atoms with Crippen LogP contribution in [0.4, 0.5) is 0 Å². The Labute approximate surface area is 175 Å².